The van der Waals surface area contributed by atoms with Crippen LogP contribution in [0.25, 0.3) is 10.8 Å². The first-order valence-corrected chi connectivity index (χ1v) is 12.5. The van der Waals surface area contributed by atoms with E-state index in [1.165, 1.54) is 12.1 Å². The molecule has 2 atom stereocenters. The minimum absolute atomic E-state index is 0. The maximum absolute atomic E-state index is 12.8. The van der Waals surface area contributed by atoms with Crippen molar-refractivity contribution in [3.05, 3.63) is 47.0 Å². The van der Waals surface area contributed by atoms with Crippen LogP contribution in [0.3, 0.4) is 0 Å². The second-order valence-corrected chi connectivity index (χ2v) is 10.6. The Morgan fingerprint density at radius 1 is 1.21 bits per heavy atom. The average Bonchev–Trinajstić information content (AvgIpc) is 3.16. The molecule has 5 nitrogen and oxygen atoms in total. The van der Waals surface area contributed by atoms with Gasteiger partial charge < -0.3 is 9.47 Å². The van der Waals surface area contributed by atoms with Crippen molar-refractivity contribution in [1.29, 1.82) is 0 Å². The number of likely N-dealkylation sites (tertiary alicyclic amines) is 1. The lowest BCUT2D eigenvalue weighted by atomic mass is 9.97. The van der Waals surface area contributed by atoms with Gasteiger partial charge in [0.15, 0.2) is 16.0 Å². The molecule has 0 unspecified atom stereocenters. The van der Waals surface area contributed by atoms with Gasteiger partial charge in [-0.05, 0) is 61.4 Å². The second kappa shape index (κ2) is 9.56. The molecule has 1 aromatic carbocycles. The van der Waals surface area contributed by atoms with Crippen molar-refractivity contribution in [2.45, 2.75) is 36.5 Å². The van der Waals surface area contributed by atoms with Gasteiger partial charge in [0.1, 0.15) is 0 Å². The van der Waals surface area contributed by atoms with Crippen molar-refractivity contribution in [3.8, 4) is 10.8 Å². The molecular weight excluding hydrogens is 491 g/mol. The highest BCUT2D eigenvalue weighted by atomic mass is 35.5. The lowest BCUT2D eigenvalue weighted by molar-refractivity contribution is -0.137. The quantitative estimate of drug-likeness (QED) is 0.296. The summed E-state index contributed by atoms with van der Waals surface area (Å²) in [6.07, 6.45) is 0.779. The van der Waals surface area contributed by atoms with Crippen LogP contribution in [-0.2, 0) is 13.2 Å². The maximum atomic E-state index is 12.8. The summed E-state index contributed by atoms with van der Waals surface area (Å²) >= 11 is 3.27. The molecule has 3 aromatic rings. The second-order valence-electron chi connectivity index (χ2n) is 8.67. The van der Waals surface area contributed by atoms with Crippen molar-refractivity contribution in [2.75, 3.05) is 25.4 Å². The Morgan fingerprint density at radius 3 is 2.70 bits per heavy atom. The highest BCUT2D eigenvalue weighted by Gasteiger charge is 2.57. The summed E-state index contributed by atoms with van der Waals surface area (Å²) in [7, 11) is 1.97. The molecule has 11 heteroatoms. The first kappa shape index (κ1) is 24.5. The number of thiazole rings is 1. The van der Waals surface area contributed by atoms with Gasteiger partial charge in [-0.1, -0.05) is 23.9 Å². The average molecular weight is 516 g/mol. The lowest BCUT2D eigenvalue weighted by Crippen LogP contribution is -2.23. The molecule has 2 aromatic heterocycles. The summed E-state index contributed by atoms with van der Waals surface area (Å²) in [6.45, 7) is 3.15. The topological polar surface area (TPSA) is 46.8 Å². The molecule has 1 saturated heterocycles. The van der Waals surface area contributed by atoms with Crippen LogP contribution in [0.5, 0.6) is 0 Å². The number of hydrogen-bond donors (Lipinski definition) is 0. The third kappa shape index (κ3) is 5.08. The van der Waals surface area contributed by atoms with Crippen LogP contribution in [0.15, 0.2) is 41.0 Å². The summed E-state index contributed by atoms with van der Waals surface area (Å²) in [5, 5.41) is 12.3. The van der Waals surface area contributed by atoms with E-state index in [4.69, 9.17) is 0 Å². The largest absolute Gasteiger partial charge is 0.416 e. The van der Waals surface area contributed by atoms with Gasteiger partial charge in [-0.25, -0.2) is 4.98 Å². The van der Waals surface area contributed by atoms with Gasteiger partial charge in [0, 0.05) is 30.9 Å². The molecule has 1 aliphatic heterocycles. The zero-order valence-corrected chi connectivity index (χ0v) is 20.5. The van der Waals surface area contributed by atoms with E-state index in [1.54, 1.807) is 41.4 Å². The van der Waals surface area contributed by atoms with Crippen LogP contribution < -0.4 is 0 Å². The van der Waals surface area contributed by atoms with E-state index in [2.05, 4.69) is 20.1 Å². The lowest BCUT2D eigenvalue weighted by Gasteiger charge is -2.16. The van der Waals surface area contributed by atoms with Crippen LogP contribution >= 0.6 is 35.5 Å². The van der Waals surface area contributed by atoms with E-state index in [-0.39, 0.29) is 17.8 Å². The third-order valence-corrected chi connectivity index (χ3v) is 8.48. The van der Waals surface area contributed by atoms with Gasteiger partial charge in [0.2, 0.25) is 0 Å². The zero-order valence-electron chi connectivity index (χ0n) is 18.1. The van der Waals surface area contributed by atoms with E-state index < -0.39 is 11.7 Å². The number of aromatic nitrogens is 4. The Kier molecular flexibility index (Phi) is 7.10. The molecule has 3 heterocycles. The monoisotopic (exact) mass is 515 g/mol. The molecule has 0 amide bonds. The van der Waals surface area contributed by atoms with E-state index in [9.17, 15) is 13.2 Å². The molecule has 1 spiro atoms. The van der Waals surface area contributed by atoms with E-state index in [1.807, 2.05) is 17.0 Å². The van der Waals surface area contributed by atoms with E-state index >= 15 is 0 Å². The number of nitrogens with zero attached hydrogens (tertiary/aromatic N) is 5. The van der Waals surface area contributed by atoms with Gasteiger partial charge in [-0.2, -0.15) is 13.2 Å². The highest BCUT2D eigenvalue weighted by molar-refractivity contribution is 7.99. The summed E-state index contributed by atoms with van der Waals surface area (Å²) < 4.78 is 40.4. The van der Waals surface area contributed by atoms with Crippen molar-refractivity contribution in [1.82, 2.24) is 24.6 Å². The SMILES string of the molecule is Cl.Cn1c(SCCCN2CC[C@]3(C[C@@H]3c3ccc(C(F)(F)F)cc3)C2)nnc1-c1nccs1. The van der Waals surface area contributed by atoms with Crippen LogP contribution in [-0.4, -0.2) is 50.0 Å². The fourth-order valence-electron chi connectivity index (χ4n) is 4.76. The Hall–Kier alpha value is -1.62. The predicted octanol–water partition coefficient (Wildman–Crippen LogP) is 5.74. The molecule has 178 valence electrons. The van der Waals surface area contributed by atoms with Crippen LogP contribution in [0.4, 0.5) is 13.2 Å². The summed E-state index contributed by atoms with van der Waals surface area (Å²) in [6, 6.07) is 5.78. The molecule has 33 heavy (non-hydrogen) atoms. The number of halogens is 4. The van der Waals surface area contributed by atoms with Crippen molar-refractivity contribution < 1.29 is 13.2 Å². The molecule has 1 aliphatic carbocycles. The Morgan fingerprint density at radius 2 is 2.00 bits per heavy atom. The van der Waals surface area contributed by atoms with Crippen LogP contribution in [0.2, 0.25) is 0 Å². The summed E-state index contributed by atoms with van der Waals surface area (Å²) in [5.74, 6) is 2.16. The smallest absolute Gasteiger partial charge is 0.303 e. The molecule has 0 N–H and O–H groups in total. The number of hydrogen-bond acceptors (Lipinski definition) is 6. The standard InChI is InChI=1S/C22H24F3N5S2.ClH/c1-29-18(19-26-8-12-31-19)27-28-20(29)32-11-2-9-30-10-7-21(14-30)13-17(21)15-3-5-16(6-4-15)22(23,24)25;/h3-6,8,12,17H,2,7,9-11,13-14H2,1H3;1H/t17-,21+;/m1./s1. The van der Waals surface area contributed by atoms with Gasteiger partial charge in [0.05, 0.1) is 5.56 Å². The Balaban J connectivity index is 0.00000259. The van der Waals surface area contributed by atoms with Gasteiger partial charge in [0.25, 0.3) is 0 Å². The highest BCUT2D eigenvalue weighted by Crippen LogP contribution is 2.64. The molecule has 2 aliphatic rings. The van der Waals surface area contributed by atoms with Crippen molar-refractivity contribution in [2.24, 2.45) is 12.5 Å². The molecule has 1 saturated carbocycles. The molecule has 5 rings (SSSR count). The fourth-order valence-corrected chi connectivity index (χ4v) is 6.25. The Bertz CT molecular complexity index is 1070. The molecule has 2 fully saturated rings. The van der Waals surface area contributed by atoms with Gasteiger partial charge >= 0.3 is 6.18 Å². The van der Waals surface area contributed by atoms with E-state index in [0.717, 1.165) is 66.2 Å². The number of alkyl halides is 3. The zero-order chi connectivity index (χ0) is 22.3. The normalized spacial score (nSPS) is 22.6. The van der Waals surface area contributed by atoms with Gasteiger partial charge in [-0.15, -0.1) is 33.9 Å². The summed E-state index contributed by atoms with van der Waals surface area (Å²) in [5.41, 5.74) is 0.746. The maximum Gasteiger partial charge on any atom is 0.416 e. The van der Waals surface area contributed by atoms with E-state index in [0.29, 0.717) is 5.92 Å². The predicted molar refractivity (Wildman–Crippen MR) is 127 cm³/mol. The third-order valence-electron chi connectivity index (χ3n) is 6.60. The van der Waals surface area contributed by atoms with Crippen LogP contribution in [0, 0.1) is 5.41 Å². The van der Waals surface area contributed by atoms with Crippen molar-refractivity contribution in [3.63, 3.8) is 0 Å². The first-order chi connectivity index (χ1) is 15.4. The fraction of sp³-hybridized carbons (Fsp3) is 0.500. The minimum Gasteiger partial charge on any atom is -0.303 e. The minimum atomic E-state index is -4.27. The Labute approximate surface area is 205 Å². The number of rotatable bonds is 7. The summed E-state index contributed by atoms with van der Waals surface area (Å²) in [4.78, 5) is 6.80. The molecular formula is C22H25ClF3N5S2. The van der Waals surface area contributed by atoms with Crippen molar-refractivity contribution >= 4 is 35.5 Å². The van der Waals surface area contributed by atoms with Gasteiger partial charge in [-0.3, -0.25) is 0 Å². The number of thioether (sulfide) groups is 1. The van der Waals surface area contributed by atoms with Crippen LogP contribution in [0.1, 0.15) is 36.3 Å². The molecule has 0 radical (unpaired) electrons. The number of benzene rings is 1. The first-order valence-electron chi connectivity index (χ1n) is 10.7. The molecule has 0 bridgehead atoms.